The SMILES string of the molecule is C1=CCc2c3c(c4ccccc4c2C=C1)C=CCC=C3. The zero-order chi connectivity index (χ0) is 13.4. The Hall–Kier alpha value is -2.34. The first-order valence-electron chi connectivity index (χ1n) is 7.19. The number of fused-ring (bicyclic) bond motifs is 6. The first-order valence-corrected chi connectivity index (χ1v) is 7.19. The average Bonchev–Trinajstić information content (AvgIpc) is 2.88. The summed E-state index contributed by atoms with van der Waals surface area (Å²) < 4.78 is 0. The molecule has 20 heavy (non-hydrogen) atoms. The van der Waals surface area contributed by atoms with E-state index in [-0.39, 0.29) is 0 Å². The molecule has 2 aliphatic rings. The van der Waals surface area contributed by atoms with Gasteiger partial charge in [0.25, 0.3) is 0 Å². The van der Waals surface area contributed by atoms with Gasteiger partial charge in [-0.05, 0) is 45.9 Å². The molecule has 0 nitrogen and oxygen atoms in total. The molecule has 0 spiro atoms. The highest BCUT2D eigenvalue weighted by Crippen LogP contribution is 2.35. The van der Waals surface area contributed by atoms with E-state index in [1.54, 1.807) is 0 Å². The highest BCUT2D eigenvalue weighted by Gasteiger charge is 2.15. The Balaban J connectivity index is 2.21. The fourth-order valence-electron chi connectivity index (χ4n) is 3.21. The molecule has 0 unspecified atom stereocenters. The van der Waals surface area contributed by atoms with Crippen LogP contribution in [0.15, 0.2) is 54.6 Å². The Kier molecular flexibility index (Phi) is 2.67. The largest absolute Gasteiger partial charge is 0.0801 e. The van der Waals surface area contributed by atoms with Crippen LogP contribution in [0.1, 0.15) is 28.7 Å². The monoisotopic (exact) mass is 256 g/mol. The van der Waals surface area contributed by atoms with E-state index < -0.39 is 0 Å². The highest BCUT2D eigenvalue weighted by molar-refractivity contribution is 6.01. The van der Waals surface area contributed by atoms with Crippen molar-refractivity contribution in [3.63, 3.8) is 0 Å². The van der Waals surface area contributed by atoms with Crippen molar-refractivity contribution in [2.45, 2.75) is 12.8 Å². The molecule has 0 fully saturated rings. The smallest absolute Gasteiger partial charge is 0.00820 e. The Morgan fingerprint density at radius 3 is 2.25 bits per heavy atom. The van der Waals surface area contributed by atoms with Crippen molar-refractivity contribution in [2.75, 3.05) is 0 Å². The van der Waals surface area contributed by atoms with Gasteiger partial charge in [0.05, 0.1) is 0 Å². The minimum atomic E-state index is 1.01. The highest BCUT2D eigenvalue weighted by atomic mass is 14.2. The van der Waals surface area contributed by atoms with Crippen molar-refractivity contribution in [3.05, 3.63) is 76.9 Å². The van der Waals surface area contributed by atoms with Gasteiger partial charge in [-0.3, -0.25) is 0 Å². The predicted octanol–water partition coefficient (Wildman–Crippen LogP) is 5.40. The molecule has 0 heterocycles. The summed E-state index contributed by atoms with van der Waals surface area (Å²) in [5.41, 5.74) is 5.59. The maximum atomic E-state index is 2.30. The molecule has 0 radical (unpaired) electrons. The minimum Gasteiger partial charge on any atom is -0.0801 e. The minimum absolute atomic E-state index is 1.01. The van der Waals surface area contributed by atoms with Crippen LogP contribution in [-0.2, 0) is 6.42 Å². The number of rotatable bonds is 0. The Morgan fingerprint density at radius 1 is 0.650 bits per heavy atom. The van der Waals surface area contributed by atoms with E-state index in [1.165, 1.54) is 33.0 Å². The molecule has 0 atom stereocenters. The summed E-state index contributed by atoms with van der Waals surface area (Å²) in [6.45, 7) is 0. The van der Waals surface area contributed by atoms with Crippen LogP contribution in [0.3, 0.4) is 0 Å². The molecule has 2 aromatic rings. The molecule has 0 aliphatic heterocycles. The molecule has 0 saturated carbocycles. The van der Waals surface area contributed by atoms with Crippen molar-refractivity contribution in [1.82, 2.24) is 0 Å². The van der Waals surface area contributed by atoms with Gasteiger partial charge >= 0.3 is 0 Å². The average molecular weight is 256 g/mol. The van der Waals surface area contributed by atoms with Gasteiger partial charge < -0.3 is 0 Å². The van der Waals surface area contributed by atoms with Crippen LogP contribution in [0.5, 0.6) is 0 Å². The quantitative estimate of drug-likeness (QED) is 0.592. The van der Waals surface area contributed by atoms with Crippen molar-refractivity contribution in [2.24, 2.45) is 0 Å². The molecule has 0 saturated heterocycles. The van der Waals surface area contributed by atoms with E-state index in [0.717, 1.165) is 12.8 Å². The zero-order valence-electron chi connectivity index (χ0n) is 11.3. The van der Waals surface area contributed by atoms with Crippen LogP contribution in [0.4, 0.5) is 0 Å². The molecule has 0 N–H and O–H groups in total. The van der Waals surface area contributed by atoms with Gasteiger partial charge in [-0.25, -0.2) is 0 Å². The topological polar surface area (TPSA) is 0 Å². The summed E-state index contributed by atoms with van der Waals surface area (Å²) in [6, 6.07) is 8.75. The second kappa shape index (κ2) is 4.64. The Bertz CT molecular complexity index is 798. The molecule has 0 heteroatoms. The van der Waals surface area contributed by atoms with E-state index in [2.05, 4.69) is 72.9 Å². The van der Waals surface area contributed by atoms with E-state index >= 15 is 0 Å². The standard InChI is InChI=1S/C20H16/c1-3-9-15-16-10-4-2-6-12-18(16)20-14-8-7-13-19(20)17(15)11-5-1/h1,3-8,10-14H,2,9H2. The van der Waals surface area contributed by atoms with Gasteiger partial charge in [0.2, 0.25) is 0 Å². The fraction of sp³-hybridized carbons (Fsp3) is 0.100. The van der Waals surface area contributed by atoms with Crippen LogP contribution < -0.4 is 0 Å². The first-order chi connectivity index (χ1) is 9.95. The summed E-state index contributed by atoms with van der Waals surface area (Å²) in [4.78, 5) is 0. The number of hydrogen-bond donors (Lipinski definition) is 0. The lowest BCUT2D eigenvalue weighted by Crippen LogP contribution is -1.97. The molecule has 0 bridgehead atoms. The van der Waals surface area contributed by atoms with Gasteiger partial charge in [-0.15, -0.1) is 0 Å². The summed E-state index contributed by atoms with van der Waals surface area (Å²) >= 11 is 0. The lowest BCUT2D eigenvalue weighted by atomic mass is 9.88. The van der Waals surface area contributed by atoms with Crippen LogP contribution in [0, 0.1) is 0 Å². The molecule has 0 amide bonds. The number of allylic oxidation sites excluding steroid dienone is 5. The maximum Gasteiger partial charge on any atom is -0.00820 e. The second-order valence-electron chi connectivity index (χ2n) is 5.30. The van der Waals surface area contributed by atoms with Gasteiger partial charge in [0.1, 0.15) is 0 Å². The van der Waals surface area contributed by atoms with Crippen molar-refractivity contribution < 1.29 is 0 Å². The molecule has 2 aliphatic carbocycles. The molecular weight excluding hydrogens is 240 g/mol. The van der Waals surface area contributed by atoms with Gasteiger partial charge in [0, 0.05) is 0 Å². The summed E-state index contributed by atoms with van der Waals surface area (Å²) in [7, 11) is 0. The van der Waals surface area contributed by atoms with Crippen LogP contribution in [-0.4, -0.2) is 0 Å². The lowest BCUT2D eigenvalue weighted by molar-refractivity contribution is 1.26. The Morgan fingerprint density at radius 2 is 1.40 bits per heavy atom. The number of hydrogen-bond acceptors (Lipinski definition) is 0. The first kappa shape index (κ1) is 11.5. The molecule has 4 rings (SSSR count). The third-order valence-electron chi connectivity index (χ3n) is 4.12. The molecule has 0 aromatic heterocycles. The van der Waals surface area contributed by atoms with Gasteiger partial charge in [-0.1, -0.05) is 72.9 Å². The molecule has 2 aromatic carbocycles. The van der Waals surface area contributed by atoms with Crippen LogP contribution in [0.25, 0.3) is 29.0 Å². The summed E-state index contributed by atoms with van der Waals surface area (Å²) in [5.74, 6) is 0. The van der Waals surface area contributed by atoms with E-state index in [4.69, 9.17) is 0 Å². The normalized spacial score (nSPS) is 15.8. The fourth-order valence-corrected chi connectivity index (χ4v) is 3.21. The van der Waals surface area contributed by atoms with E-state index in [0.29, 0.717) is 0 Å². The van der Waals surface area contributed by atoms with Gasteiger partial charge in [-0.2, -0.15) is 0 Å². The van der Waals surface area contributed by atoms with Crippen LogP contribution >= 0.6 is 0 Å². The maximum absolute atomic E-state index is 2.30. The lowest BCUT2D eigenvalue weighted by Gasteiger charge is -2.16. The van der Waals surface area contributed by atoms with Crippen molar-refractivity contribution in [3.8, 4) is 0 Å². The molecule has 96 valence electrons. The van der Waals surface area contributed by atoms with E-state index in [1.807, 2.05) is 0 Å². The van der Waals surface area contributed by atoms with E-state index in [9.17, 15) is 0 Å². The molecular formula is C20H16. The number of benzene rings is 2. The third-order valence-corrected chi connectivity index (χ3v) is 4.12. The van der Waals surface area contributed by atoms with Gasteiger partial charge in [0.15, 0.2) is 0 Å². The zero-order valence-corrected chi connectivity index (χ0v) is 11.3. The Labute approximate surface area is 119 Å². The van der Waals surface area contributed by atoms with Crippen LogP contribution in [0.2, 0.25) is 0 Å². The summed E-state index contributed by atoms with van der Waals surface area (Å²) in [6.07, 6.45) is 19.9. The summed E-state index contributed by atoms with van der Waals surface area (Å²) in [5, 5.41) is 2.72. The van der Waals surface area contributed by atoms with Crippen molar-refractivity contribution in [1.29, 1.82) is 0 Å². The van der Waals surface area contributed by atoms with Crippen molar-refractivity contribution >= 4 is 29.0 Å². The third kappa shape index (κ3) is 1.69. The second-order valence-corrected chi connectivity index (χ2v) is 5.30. The predicted molar refractivity (Wildman–Crippen MR) is 88.5 cm³/mol.